The van der Waals surface area contributed by atoms with Gasteiger partial charge >= 0.3 is 0 Å². The van der Waals surface area contributed by atoms with E-state index in [0.29, 0.717) is 50.7 Å². The number of nitrogens with one attached hydrogen (secondary N) is 1. The molecule has 2 fully saturated rings. The van der Waals surface area contributed by atoms with Crippen LogP contribution in [0.4, 0.5) is 10.1 Å². The van der Waals surface area contributed by atoms with E-state index >= 15 is 0 Å². The van der Waals surface area contributed by atoms with E-state index in [1.807, 2.05) is 0 Å². The van der Waals surface area contributed by atoms with Crippen molar-refractivity contribution in [3.63, 3.8) is 0 Å². The monoisotopic (exact) mass is 512 g/mol. The van der Waals surface area contributed by atoms with Crippen molar-refractivity contribution in [3.8, 4) is 0 Å². The molecule has 2 saturated heterocycles. The molecule has 1 aromatic heterocycles. The standard InChI is InChI=1S/C26H29FN4O4S/c1-18-8-10-31(11-9-18)36(34,35)21-6-7-24-22(16-21)25(32)23(17-28-24)26(33)30-14-12-29(13-15-30)20-4-2-19(27)3-5-20/h2-7,16-18H,8-15H2,1H3,(H,28,32). The molecule has 36 heavy (non-hydrogen) atoms. The van der Waals surface area contributed by atoms with E-state index in [9.17, 15) is 22.4 Å². The molecule has 2 aromatic carbocycles. The van der Waals surface area contributed by atoms with Crippen LogP contribution in [-0.4, -0.2) is 67.8 Å². The summed E-state index contributed by atoms with van der Waals surface area (Å²) in [4.78, 5) is 33.3. The number of hydrogen-bond acceptors (Lipinski definition) is 5. The van der Waals surface area contributed by atoms with Gasteiger partial charge in [0.15, 0.2) is 0 Å². The van der Waals surface area contributed by atoms with Gasteiger partial charge < -0.3 is 14.8 Å². The number of piperazine rings is 1. The highest BCUT2D eigenvalue weighted by molar-refractivity contribution is 7.89. The SMILES string of the molecule is CC1CCN(S(=O)(=O)c2ccc3[nH]cc(C(=O)N4CCN(c5ccc(F)cc5)CC4)c(=O)c3c2)CC1. The van der Waals surface area contributed by atoms with Crippen LogP contribution in [0, 0.1) is 11.7 Å². The maximum absolute atomic E-state index is 13.3. The maximum Gasteiger partial charge on any atom is 0.259 e. The van der Waals surface area contributed by atoms with Crippen LogP contribution in [0.2, 0.25) is 0 Å². The van der Waals surface area contributed by atoms with Crippen LogP contribution in [0.3, 0.4) is 0 Å². The van der Waals surface area contributed by atoms with Crippen molar-refractivity contribution in [2.24, 2.45) is 5.92 Å². The number of aromatic amines is 1. The summed E-state index contributed by atoms with van der Waals surface area (Å²) in [6.45, 7) is 4.96. The largest absolute Gasteiger partial charge is 0.368 e. The topological polar surface area (TPSA) is 93.8 Å². The van der Waals surface area contributed by atoms with Crippen LogP contribution in [0.1, 0.15) is 30.1 Å². The Morgan fingerprint density at radius 1 is 0.972 bits per heavy atom. The number of pyridine rings is 1. The first kappa shape index (κ1) is 24.5. The predicted octanol–water partition coefficient (Wildman–Crippen LogP) is 3.05. The average Bonchev–Trinajstić information content (AvgIpc) is 2.89. The fourth-order valence-corrected chi connectivity index (χ4v) is 6.38. The molecule has 2 aliphatic heterocycles. The Hall–Kier alpha value is -3.24. The lowest BCUT2D eigenvalue weighted by molar-refractivity contribution is 0.0745. The second-order valence-electron chi connectivity index (χ2n) is 9.58. The number of piperidine rings is 1. The van der Waals surface area contributed by atoms with Gasteiger partial charge in [0.25, 0.3) is 5.91 Å². The zero-order valence-electron chi connectivity index (χ0n) is 20.1. The number of rotatable bonds is 4. The minimum atomic E-state index is -3.73. The van der Waals surface area contributed by atoms with Crippen LogP contribution in [-0.2, 0) is 10.0 Å². The van der Waals surface area contributed by atoms with Gasteiger partial charge in [-0.25, -0.2) is 12.8 Å². The van der Waals surface area contributed by atoms with E-state index < -0.39 is 21.4 Å². The first-order valence-electron chi connectivity index (χ1n) is 12.2. The molecule has 2 aliphatic rings. The Morgan fingerprint density at radius 3 is 2.31 bits per heavy atom. The molecule has 190 valence electrons. The smallest absolute Gasteiger partial charge is 0.259 e. The van der Waals surface area contributed by atoms with Gasteiger partial charge in [-0.2, -0.15) is 4.31 Å². The first-order valence-corrected chi connectivity index (χ1v) is 13.6. The molecule has 0 saturated carbocycles. The van der Waals surface area contributed by atoms with Crippen molar-refractivity contribution < 1.29 is 17.6 Å². The van der Waals surface area contributed by atoms with E-state index in [-0.39, 0.29) is 21.7 Å². The van der Waals surface area contributed by atoms with Crippen molar-refractivity contribution in [1.82, 2.24) is 14.2 Å². The van der Waals surface area contributed by atoms with Crippen molar-refractivity contribution >= 4 is 32.5 Å². The molecule has 3 heterocycles. The summed E-state index contributed by atoms with van der Waals surface area (Å²) < 4.78 is 41.1. The third kappa shape index (κ3) is 4.62. The number of amides is 1. The molecule has 3 aromatic rings. The number of nitrogens with zero attached hydrogens (tertiary/aromatic N) is 3. The molecule has 5 rings (SSSR count). The quantitative estimate of drug-likeness (QED) is 0.580. The normalized spacial score (nSPS) is 18.1. The van der Waals surface area contributed by atoms with Gasteiger partial charge in [-0.15, -0.1) is 0 Å². The highest BCUT2D eigenvalue weighted by Crippen LogP contribution is 2.25. The van der Waals surface area contributed by atoms with Crippen molar-refractivity contribution in [2.45, 2.75) is 24.7 Å². The minimum Gasteiger partial charge on any atom is -0.368 e. The van der Waals surface area contributed by atoms with Gasteiger partial charge in [-0.3, -0.25) is 9.59 Å². The molecule has 1 amide bonds. The Balaban J connectivity index is 1.36. The van der Waals surface area contributed by atoms with Crippen molar-refractivity contribution in [3.05, 3.63) is 70.3 Å². The number of halogens is 1. The lowest BCUT2D eigenvalue weighted by atomic mass is 10.0. The van der Waals surface area contributed by atoms with E-state index in [2.05, 4.69) is 16.8 Å². The van der Waals surface area contributed by atoms with Gasteiger partial charge in [0.1, 0.15) is 11.4 Å². The number of aromatic nitrogens is 1. The minimum absolute atomic E-state index is 0.0147. The number of fused-ring (bicyclic) bond motifs is 1. The number of H-pyrrole nitrogens is 1. The molecule has 0 radical (unpaired) electrons. The highest BCUT2D eigenvalue weighted by Gasteiger charge is 2.29. The van der Waals surface area contributed by atoms with Gasteiger partial charge in [-0.05, 0) is 61.2 Å². The molecule has 1 N–H and O–H groups in total. The van der Waals surface area contributed by atoms with E-state index in [0.717, 1.165) is 18.5 Å². The third-order valence-electron chi connectivity index (χ3n) is 7.22. The average molecular weight is 513 g/mol. The van der Waals surface area contributed by atoms with Crippen LogP contribution in [0.25, 0.3) is 10.9 Å². The van der Waals surface area contributed by atoms with E-state index in [1.165, 1.54) is 34.8 Å². The number of benzene rings is 2. The Morgan fingerprint density at radius 2 is 1.64 bits per heavy atom. The van der Waals surface area contributed by atoms with Crippen LogP contribution in [0.5, 0.6) is 0 Å². The number of sulfonamides is 1. The van der Waals surface area contributed by atoms with Crippen LogP contribution >= 0.6 is 0 Å². The second kappa shape index (κ2) is 9.67. The fraction of sp³-hybridized carbons (Fsp3) is 0.385. The first-order chi connectivity index (χ1) is 17.2. The van der Waals surface area contributed by atoms with E-state index in [4.69, 9.17) is 0 Å². The zero-order chi connectivity index (χ0) is 25.4. The molecule has 0 atom stereocenters. The number of hydrogen-bond donors (Lipinski definition) is 1. The Labute approximate surface area is 209 Å². The summed E-state index contributed by atoms with van der Waals surface area (Å²) in [7, 11) is -3.73. The van der Waals surface area contributed by atoms with Crippen molar-refractivity contribution in [1.29, 1.82) is 0 Å². The molecule has 0 bridgehead atoms. The predicted molar refractivity (Wildman–Crippen MR) is 136 cm³/mol. The molecule has 10 heteroatoms. The molecule has 0 aliphatic carbocycles. The van der Waals surface area contributed by atoms with Crippen LogP contribution in [0.15, 0.2) is 58.4 Å². The lowest BCUT2D eigenvalue weighted by Crippen LogP contribution is -2.49. The molecule has 0 unspecified atom stereocenters. The lowest BCUT2D eigenvalue weighted by Gasteiger charge is -2.36. The van der Waals surface area contributed by atoms with Gasteiger partial charge in [0, 0.05) is 62.1 Å². The van der Waals surface area contributed by atoms with Crippen LogP contribution < -0.4 is 10.3 Å². The summed E-state index contributed by atoms with van der Waals surface area (Å²) in [6, 6.07) is 10.7. The molecular weight excluding hydrogens is 483 g/mol. The Bertz CT molecular complexity index is 1440. The summed E-state index contributed by atoms with van der Waals surface area (Å²) in [5, 5.41) is 0.178. The number of anilines is 1. The highest BCUT2D eigenvalue weighted by atomic mass is 32.2. The number of carbonyl (C=O) groups excluding carboxylic acids is 1. The second-order valence-corrected chi connectivity index (χ2v) is 11.5. The summed E-state index contributed by atoms with van der Waals surface area (Å²) in [5.41, 5.74) is 0.853. The fourth-order valence-electron chi connectivity index (χ4n) is 4.88. The van der Waals surface area contributed by atoms with Crippen molar-refractivity contribution in [2.75, 3.05) is 44.2 Å². The van der Waals surface area contributed by atoms with E-state index in [1.54, 1.807) is 23.1 Å². The zero-order valence-corrected chi connectivity index (χ0v) is 20.9. The summed E-state index contributed by atoms with van der Waals surface area (Å²) >= 11 is 0. The summed E-state index contributed by atoms with van der Waals surface area (Å²) in [6.07, 6.45) is 3.01. The number of carbonyl (C=O) groups is 1. The van der Waals surface area contributed by atoms with Gasteiger partial charge in [-0.1, -0.05) is 6.92 Å². The maximum atomic E-state index is 13.3. The Kier molecular flexibility index (Phi) is 6.57. The molecule has 8 nitrogen and oxygen atoms in total. The van der Waals surface area contributed by atoms with Gasteiger partial charge in [0.2, 0.25) is 15.5 Å². The third-order valence-corrected chi connectivity index (χ3v) is 9.12. The molecular formula is C26H29FN4O4S. The summed E-state index contributed by atoms with van der Waals surface area (Å²) in [5.74, 6) is -0.207. The van der Waals surface area contributed by atoms with Gasteiger partial charge in [0.05, 0.1) is 4.90 Å². The molecule has 0 spiro atoms.